The Labute approximate surface area is 329 Å². The van der Waals surface area contributed by atoms with Crippen LogP contribution >= 0.6 is 0 Å². The van der Waals surface area contributed by atoms with Crippen LogP contribution in [0.1, 0.15) is 150 Å². The summed E-state index contributed by atoms with van der Waals surface area (Å²) in [5.74, 6) is 1.94. The van der Waals surface area contributed by atoms with Crippen LogP contribution in [0.4, 0.5) is 0 Å². The first-order valence-electron chi connectivity index (χ1n) is 20.4. The summed E-state index contributed by atoms with van der Waals surface area (Å²) >= 11 is 0. The smallest absolute Gasteiger partial charge is 0.209 e. The van der Waals surface area contributed by atoms with Crippen molar-refractivity contribution in [3.8, 4) is 11.5 Å². The Bertz CT molecular complexity index is 1690. The molecule has 0 aromatic heterocycles. The lowest BCUT2D eigenvalue weighted by atomic mass is 9.63. The minimum Gasteiger partial charge on any atom is -0.508 e. The van der Waals surface area contributed by atoms with Gasteiger partial charge in [0.1, 0.15) is 11.5 Å². The molecule has 4 aromatic carbocycles. The van der Waals surface area contributed by atoms with Gasteiger partial charge in [0, 0.05) is 0 Å². The van der Waals surface area contributed by atoms with Crippen LogP contribution in [-0.4, -0.2) is 17.5 Å². The van der Waals surface area contributed by atoms with Crippen molar-refractivity contribution in [2.45, 2.75) is 152 Å². The summed E-state index contributed by atoms with van der Waals surface area (Å²) < 4.78 is 13.6. The van der Waals surface area contributed by atoms with E-state index in [9.17, 15) is 5.11 Å². The van der Waals surface area contributed by atoms with Crippen LogP contribution in [0.5, 0.6) is 11.5 Å². The highest BCUT2D eigenvalue weighted by Crippen LogP contribution is 2.50. The molecule has 1 N–H and O–H groups in total. The van der Waals surface area contributed by atoms with Gasteiger partial charge in [-0.25, -0.2) is 0 Å². The van der Waals surface area contributed by atoms with E-state index in [2.05, 4.69) is 187 Å². The lowest BCUT2D eigenvalue weighted by Crippen LogP contribution is -2.45. The molecule has 0 spiro atoms. The summed E-state index contributed by atoms with van der Waals surface area (Å²) in [5.41, 5.74) is 5.21. The van der Waals surface area contributed by atoms with Gasteiger partial charge in [0.05, 0.1) is 11.5 Å². The van der Waals surface area contributed by atoms with Crippen LogP contribution in [0.3, 0.4) is 0 Å². The van der Waals surface area contributed by atoms with E-state index in [1.165, 1.54) is 22.3 Å². The van der Waals surface area contributed by atoms with Gasteiger partial charge in [-0.1, -0.05) is 154 Å². The Hall–Kier alpha value is -3.56. The van der Waals surface area contributed by atoms with E-state index in [0.717, 1.165) is 37.9 Å². The molecular formula is C51H72O3. The fourth-order valence-electron chi connectivity index (χ4n) is 8.20. The Kier molecular flexibility index (Phi) is 14.0. The van der Waals surface area contributed by atoms with Crippen molar-refractivity contribution in [2.75, 3.05) is 0 Å². The molecule has 0 aliphatic carbocycles. The highest BCUT2D eigenvalue weighted by atomic mass is 16.7. The molecule has 294 valence electrons. The minimum absolute atomic E-state index is 0.00549. The summed E-state index contributed by atoms with van der Waals surface area (Å²) in [5, 5.41) is 9.97. The zero-order valence-corrected chi connectivity index (χ0v) is 36.0. The van der Waals surface area contributed by atoms with E-state index in [1.54, 1.807) is 0 Å². The van der Waals surface area contributed by atoms with Crippen molar-refractivity contribution < 1.29 is 14.6 Å². The van der Waals surface area contributed by atoms with E-state index in [0.29, 0.717) is 17.6 Å². The molecule has 0 fully saturated rings. The van der Waals surface area contributed by atoms with Gasteiger partial charge >= 0.3 is 0 Å². The summed E-state index contributed by atoms with van der Waals surface area (Å²) in [7, 11) is 0. The quantitative estimate of drug-likeness (QED) is 0.110. The first-order chi connectivity index (χ1) is 25.1. The van der Waals surface area contributed by atoms with Gasteiger partial charge in [-0.2, -0.15) is 0 Å². The molecule has 0 aliphatic heterocycles. The van der Waals surface area contributed by atoms with Gasteiger partial charge in [0.25, 0.3) is 0 Å². The second-order valence-corrected chi connectivity index (χ2v) is 20.3. The van der Waals surface area contributed by atoms with Gasteiger partial charge < -0.3 is 14.6 Å². The van der Waals surface area contributed by atoms with E-state index in [-0.39, 0.29) is 27.8 Å². The average Bonchev–Trinajstić information content (AvgIpc) is 3.09. The second kappa shape index (κ2) is 17.5. The molecule has 0 radical (unpaired) electrons. The monoisotopic (exact) mass is 733 g/mol. The molecule has 4 atom stereocenters. The SMILES string of the molecule is CC(C)OC(Oc1ccc(C(CC(C)(C)C)C(C)(C)CCC(C)(C)CC(c2ccc(O)cc2)C(C)(C)C)cc1)C(C)(Cc1ccccc1)c1ccccc1. The van der Waals surface area contributed by atoms with Gasteiger partial charge in [-0.15, -0.1) is 0 Å². The number of hydrogen-bond donors (Lipinski definition) is 1. The average molecular weight is 733 g/mol. The van der Waals surface area contributed by atoms with Crippen LogP contribution in [0.25, 0.3) is 0 Å². The standard InChI is InChI=1S/C51H72O3/c1-37(2)53-46(51(13,41-22-18-15-19-23-41)34-38-20-16-14-17-21-38)54-43-30-26-40(27-31-43)45(35-47(3,4)5)50(11,12)33-32-49(9,10)36-44(48(6,7)8)39-24-28-42(52)29-25-39/h14-31,37,44-46,52H,32-36H2,1-13H3. The molecule has 54 heavy (non-hydrogen) atoms. The zero-order valence-electron chi connectivity index (χ0n) is 36.0. The fraction of sp³-hybridized carbons (Fsp3) is 0.529. The Morgan fingerprint density at radius 2 is 1.09 bits per heavy atom. The Morgan fingerprint density at radius 3 is 1.61 bits per heavy atom. The number of aromatic hydroxyl groups is 1. The van der Waals surface area contributed by atoms with Crippen molar-refractivity contribution in [2.24, 2.45) is 21.7 Å². The van der Waals surface area contributed by atoms with Gasteiger partial charge in [0.2, 0.25) is 6.29 Å². The highest BCUT2D eigenvalue weighted by Gasteiger charge is 2.41. The number of rotatable bonds is 17. The van der Waals surface area contributed by atoms with E-state index in [1.807, 2.05) is 12.1 Å². The first kappa shape index (κ1) is 43.2. The van der Waals surface area contributed by atoms with Gasteiger partial charge in [0.15, 0.2) is 0 Å². The lowest BCUT2D eigenvalue weighted by Gasteiger charge is -2.42. The van der Waals surface area contributed by atoms with Crippen LogP contribution in [0.2, 0.25) is 0 Å². The second-order valence-electron chi connectivity index (χ2n) is 20.3. The maximum atomic E-state index is 9.97. The Morgan fingerprint density at radius 1 is 0.574 bits per heavy atom. The third-order valence-electron chi connectivity index (χ3n) is 11.6. The van der Waals surface area contributed by atoms with Crippen LogP contribution in [-0.2, 0) is 16.6 Å². The molecule has 0 aliphatic rings. The van der Waals surface area contributed by atoms with Crippen molar-refractivity contribution in [3.05, 3.63) is 131 Å². The van der Waals surface area contributed by atoms with Crippen LogP contribution < -0.4 is 4.74 Å². The molecule has 0 heterocycles. The van der Waals surface area contributed by atoms with E-state index in [4.69, 9.17) is 9.47 Å². The van der Waals surface area contributed by atoms with Crippen LogP contribution in [0.15, 0.2) is 109 Å². The molecule has 4 rings (SSSR count). The molecular weight excluding hydrogens is 661 g/mol. The van der Waals surface area contributed by atoms with E-state index < -0.39 is 11.7 Å². The molecule has 0 amide bonds. The van der Waals surface area contributed by atoms with Crippen molar-refractivity contribution in [1.29, 1.82) is 0 Å². The number of ether oxygens (including phenoxy) is 2. The number of hydrogen-bond acceptors (Lipinski definition) is 3. The molecule has 4 aromatic rings. The van der Waals surface area contributed by atoms with Crippen molar-refractivity contribution >= 4 is 0 Å². The molecule has 4 unspecified atom stereocenters. The third kappa shape index (κ3) is 12.2. The summed E-state index contributed by atoms with van der Waals surface area (Å²) in [6, 6.07) is 38.2. The van der Waals surface area contributed by atoms with E-state index >= 15 is 0 Å². The fourth-order valence-corrected chi connectivity index (χ4v) is 8.20. The summed E-state index contributed by atoms with van der Waals surface area (Å²) in [4.78, 5) is 0. The normalized spacial score (nSPS) is 15.7. The van der Waals surface area contributed by atoms with Crippen LogP contribution in [0, 0.1) is 21.7 Å². The number of phenols is 1. The van der Waals surface area contributed by atoms with Gasteiger partial charge in [-0.3, -0.25) is 0 Å². The molecule has 3 heteroatoms. The maximum absolute atomic E-state index is 9.97. The molecule has 0 saturated heterocycles. The topological polar surface area (TPSA) is 38.7 Å². The molecule has 0 saturated carbocycles. The highest BCUT2D eigenvalue weighted by molar-refractivity contribution is 5.34. The third-order valence-corrected chi connectivity index (χ3v) is 11.6. The minimum atomic E-state index is -0.492. The number of phenolic OH excluding ortho intramolecular Hbond substituents is 1. The van der Waals surface area contributed by atoms with Crippen molar-refractivity contribution in [3.63, 3.8) is 0 Å². The van der Waals surface area contributed by atoms with Gasteiger partial charge in [-0.05, 0) is 133 Å². The summed E-state index contributed by atoms with van der Waals surface area (Å²) in [6.07, 6.45) is 4.75. The zero-order chi connectivity index (χ0) is 40.0. The summed E-state index contributed by atoms with van der Waals surface area (Å²) in [6.45, 7) is 30.5. The lowest BCUT2D eigenvalue weighted by molar-refractivity contribution is -0.148. The van der Waals surface area contributed by atoms with Crippen molar-refractivity contribution in [1.82, 2.24) is 0 Å². The maximum Gasteiger partial charge on any atom is 0.209 e. The first-order valence-corrected chi connectivity index (χ1v) is 20.4. The number of benzene rings is 4. The predicted octanol–water partition coefficient (Wildman–Crippen LogP) is 14.3. The molecule has 3 nitrogen and oxygen atoms in total. The predicted molar refractivity (Wildman–Crippen MR) is 230 cm³/mol. The largest absolute Gasteiger partial charge is 0.508 e. The Balaban J connectivity index is 1.59. The molecule has 0 bridgehead atoms.